The Balaban J connectivity index is 1.76. The Hall–Kier alpha value is -1.71. The molecule has 1 N–H and O–H groups in total. The van der Waals surface area contributed by atoms with Crippen LogP contribution in [0.1, 0.15) is 48.0 Å². The predicted molar refractivity (Wildman–Crippen MR) is 70.5 cm³/mol. The quantitative estimate of drug-likeness (QED) is 0.802. The molecule has 1 aliphatic rings. The fraction of sp³-hybridized carbons (Fsp3) is 0.467. The van der Waals surface area contributed by atoms with E-state index in [9.17, 15) is 14.0 Å². The molecule has 1 saturated carbocycles. The number of amides is 1. The Morgan fingerprint density at radius 2 is 2.05 bits per heavy atom. The van der Waals surface area contributed by atoms with Gasteiger partial charge in [0, 0.05) is 24.4 Å². The molecule has 0 spiro atoms. The third kappa shape index (κ3) is 4.16. The van der Waals surface area contributed by atoms with Gasteiger partial charge in [0.25, 0.3) is 0 Å². The van der Waals surface area contributed by atoms with Gasteiger partial charge in [0.1, 0.15) is 5.82 Å². The maximum absolute atomic E-state index is 13.1. The Bertz CT molecular complexity index is 495. The van der Waals surface area contributed by atoms with Crippen molar-refractivity contribution in [1.29, 1.82) is 0 Å². The van der Waals surface area contributed by atoms with E-state index in [1.807, 2.05) is 0 Å². The molecule has 1 aromatic carbocycles. The molecule has 4 heteroatoms. The van der Waals surface area contributed by atoms with Gasteiger partial charge in [-0.1, -0.05) is 0 Å². The first-order valence-electron chi connectivity index (χ1n) is 6.65. The molecule has 19 heavy (non-hydrogen) atoms. The first-order valence-corrected chi connectivity index (χ1v) is 6.65. The van der Waals surface area contributed by atoms with Crippen LogP contribution in [0.4, 0.5) is 4.39 Å². The fourth-order valence-corrected chi connectivity index (χ4v) is 1.90. The normalized spacial score (nSPS) is 14.2. The largest absolute Gasteiger partial charge is 0.353 e. The molecule has 1 aliphatic carbocycles. The van der Waals surface area contributed by atoms with Crippen molar-refractivity contribution in [3.8, 4) is 0 Å². The highest BCUT2D eigenvalue weighted by Crippen LogP contribution is 2.19. The van der Waals surface area contributed by atoms with Gasteiger partial charge in [0.05, 0.1) is 0 Å². The number of rotatable bonds is 6. The average molecular weight is 263 g/mol. The Morgan fingerprint density at radius 1 is 1.32 bits per heavy atom. The van der Waals surface area contributed by atoms with Crippen LogP contribution in [0, 0.1) is 12.7 Å². The Morgan fingerprint density at radius 3 is 2.68 bits per heavy atom. The smallest absolute Gasteiger partial charge is 0.220 e. The lowest BCUT2D eigenvalue weighted by Gasteiger charge is -2.04. The summed E-state index contributed by atoms with van der Waals surface area (Å²) in [7, 11) is 0. The summed E-state index contributed by atoms with van der Waals surface area (Å²) in [6.07, 6.45) is 3.37. The van der Waals surface area contributed by atoms with Crippen molar-refractivity contribution in [2.45, 2.75) is 45.1 Å². The summed E-state index contributed by atoms with van der Waals surface area (Å²) in [6, 6.07) is 4.72. The van der Waals surface area contributed by atoms with Crippen LogP contribution in [-0.4, -0.2) is 17.7 Å². The van der Waals surface area contributed by atoms with E-state index in [0.29, 0.717) is 36.4 Å². The van der Waals surface area contributed by atoms with Crippen LogP contribution in [0.2, 0.25) is 0 Å². The molecule has 0 atom stereocenters. The van der Waals surface area contributed by atoms with Crippen molar-refractivity contribution in [1.82, 2.24) is 5.32 Å². The summed E-state index contributed by atoms with van der Waals surface area (Å²) >= 11 is 0. The molecule has 0 saturated heterocycles. The van der Waals surface area contributed by atoms with Crippen LogP contribution in [0.15, 0.2) is 18.2 Å². The van der Waals surface area contributed by atoms with Crippen molar-refractivity contribution in [2.75, 3.05) is 0 Å². The first kappa shape index (κ1) is 13.7. The molecule has 1 aromatic rings. The number of aryl methyl sites for hydroxylation is 1. The maximum Gasteiger partial charge on any atom is 0.220 e. The number of hydrogen-bond donors (Lipinski definition) is 1. The molecule has 0 bridgehead atoms. The molecule has 2 rings (SSSR count). The zero-order chi connectivity index (χ0) is 13.8. The first-order chi connectivity index (χ1) is 9.06. The van der Waals surface area contributed by atoms with E-state index in [-0.39, 0.29) is 17.5 Å². The van der Waals surface area contributed by atoms with Crippen LogP contribution in [0.3, 0.4) is 0 Å². The fourth-order valence-electron chi connectivity index (χ4n) is 1.90. The average Bonchev–Trinajstić information content (AvgIpc) is 3.16. The monoisotopic (exact) mass is 263 g/mol. The van der Waals surface area contributed by atoms with E-state index in [1.54, 1.807) is 13.0 Å². The van der Waals surface area contributed by atoms with Crippen LogP contribution in [0.5, 0.6) is 0 Å². The van der Waals surface area contributed by atoms with Gasteiger partial charge in [-0.25, -0.2) is 4.39 Å². The highest BCUT2D eigenvalue weighted by atomic mass is 19.1. The topological polar surface area (TPSA) is 46.2 Å². The molecule has 1 fully saturated rings. The number of carbonyl (C=O) groups is 2. The van der Waals surface area contributed by atoms with Crippen LogP contribution < -0.4 is 5.32 Å². The van der Waals surface area contributed by atoms with Crippen molar-refractivity contribution in [3.05, 3.63) is 35.1 Å². The van der Waals surface area contributed by atoms with E-state index in [2.05, 4.69) is 5.32 Å². The molecular weight excluding hydrogens is 245 g/mol. The molecule has 102 valence electrons. The number of ketones is 1. The summed E-state index contributed by atoms with van der Waals surface area (Å²) in [5.41, 5.74) is 0.985. The summed E-state index contributed by atoms with van der Waals surface area (Å²) in [5, 5.41) is 2.88. The zero-order valence-electron chi connectivity index (χ0n) is 11.0. The van der Waals surface area contributed by atoms with Gasteiger partial charge >= 0.3 is 0 Å². The number of hydrogen-bond acceptors (Lipinski definition) is 2. The molecular formula is C15H18FNO2. The number of carbonyl (C=O) groups excluding carboxylic acids is 2. The second kappa shape index (κ2) is 5.95. The molecule has 0 heterocycles. The minimum absolute atomic E-state index is 0.0191. The molecule has 0 aliphatic heterocycles. The highest BCUT2D eigenvalue weighted by Gasteiger charge is 2.22. The van der Waals surface area contributed by atoms with E-state index >= 15 is 0 Å². The lowest BCUT2D eigenvalue weighted by molar-refractivity contribution is -0.121. The number of halogens is 1. The molecule has 0 radical (unpaired) electrons. The van der Waals surface area contributed by atoms with Gasteiger partial charge in [-0.2, -0.15) is 0 Å². The highest BCUT2D eigenvalue weighted by molar-refractivity contribution is 5.96. The maximum atomic E-state index is 13.1. The van der Waals surface area contributed by atoms with E-state index < -0.39 is 0 Å². The van der Waals surface area contributed by atoms with Gasteiger partial charge in [0.15, 0.2) is 5.78 Å². The minimum atomic E-state index is -0.305. The molecule has 1 amide bonds. The standard InChI is InChI=1S/C15H18FNO2/c1-10-9-11(5-8-13(10)16)14(18)3-2-4-15(19)17-12-6-7-12/h5,8-9,12H,2-4,6-7H2,1H3,(H,17,19). The predicted octanol–water partition coefficient (Wildman–Crippen LogP) is 2.77. The summed E-state index contributed by atoms with van der Waals surface area (Å²) in [6.45, 7) is 1.63. The zero-order valence-corrected chi connectivity index (χ0v) is 11.0. The van der Waals surface area contributed by atoms with Crippen molar-refractivity contribution < 1.29 is 14.0 Å². The van der Waals surface area contributed by atoms with E-state index in [0.717, 1.165) is 12.8 Å². The third-order valence-corrected chi connectivity index (χ3v) is 3.23. The SMILES string of the molecule is Cc1cc(C(=O)CCCC(=O)NC2CC2)ccc1F. The van der Waals surface area contributed by atoms with Gasteiger partial charge in [-0.3, -0.25) is 9.59 Å². The van der Waals surface area contributed by atoms with E-state index in [4.69, 9.17) is 0 Å². The van der Waals surface area contributed by atoms with Gasteiger partial charge < -0.3 is 5.32 Å². The molecule has 0 unspecified atom stereocenters. The molecule has 0 aromatic heterocycles. The second-order valence-electron chi connectivity index (χ2n) is 5.08. The summed E-state index contributed by atoms with van der Waals surface area (Å²) < 4.78 is 13.1. The lowest BCUT2D eigenvalue weighted by atomic mass is 10.0. The molecule has 3 nitrogen and oxygen atoms in total. The Kier molecular flexibility index (Phi) is 4.30. The van der Waals surface area contributed by atoms with Crippen LogP contribution >= 0.6 is 0 Å². The third-order valence-electron chi connectivity index (χ3n) is 3.23. The van der Waals surface area contributed by atoms with Gasteiger partial charge in [-0.15, -0.1) is 0 Å². The number of nitrogens with one attached hydrogen (secondary N) is 1. The second-order valence-corrected chi connectivity index (χ2v) is 5.08. The van der Waals surface area contributed by atoms with Crippen LogP contribution in [-0.2, 0) is 4.79 Å². The minimum Gasteiger partial charge on any atom is -0.353 e. The van der Waals surface area contributed by atoms with Crippen molar-refractivity contribution >= 4 is 11.7 Å². The van der Waals surface area contributed by atoms with Crippen LogP contribution in [0.25, 0.3) is 0 Å². The van der Waals surface area contributed by atoms with Crippen molar-refractivity contribution in [3.63, 3.8) is 0 Å². The number of benzene rings is 1. The number of Topliss-reactive ketones (excluding diaryl/α,β-unsaturated/α-hetero) is 1. The van der Waals surface area contributed by atoms with Crippen molar-refractivity contribution in [2.24, 2.45) is 0 Å². The summed E-state index contributed by atoms with van der Waals surface area (Å²) in [4.78, 5) is 23.3. The lowest BCUT2D eigenvalue weighted by Crippen LogP contribution is -2.25. The summed E-state index contributed by atoms with van der Waals surface area (Å²) in [5.74, 6) is -0.326. The van der Waals surface area contributed by atoms with Gasteiger partial charge in [0.2, 0.25) is 5.91 Å². The Labute approximate surface area is 112 Å². The van der Waals surface area contributed by atoms with Gasteiger partial charge in [-0.05, 0) is 49.9 Å². The van der Waals surface area contributed by atoms with E-state index in [1.165, 1.54) is 12.1 Å².